The maximum absolute atomic E-state index is 5.53. The van der Waals surface area contributed by atoms with E-state index in [-0.39, 0.29) is 6.17 Å². The first-order chi connectivity index (χ1) is 4.31. The molecular weight excluding hydrogens is 114 g/mol. The Morgan fingerprint density at radius 2 is 2.33 bits per heavy atom. The van der Waals surface area contributed by atoms with Crippen molar-refractivity contribution in [2.24, 2.45) is 11.5 Å². The second kappa shape index (κ2) is 5.59. The van der Waals surface area contributed by atoms with E-state index in [1.165, 1.54) is 0 Å². The lowest BCUT2D eigenvalue weighted by Crippen LogP contribution is -2.35. The molecule has 54 valence electrons. The molecule has 0 saturated heterocycles. The lowest BCUT2D eigenvalue weighted by molar-refractivity contribution is 0.570. The molecule has 0 aromatic heterocycles. The molecule has 0 rings (SSSR count). The minimum Gasteiger partial charge on any atom is -0.376 e. The van der Waals surface area contributed by atoms with Gasteiger partial charge in [0.1, 0.15) is 0 Å². The van der Waals surface area contributed by atoms with Gasteiger partial charge in [-0.25, -0.2) is 0 Å². The van der Waals surface area contributed by atoms with Crippen molar-refractivity contribution in [1.82, 2.24) is 5.32 Å². The molecule has 9 heavy (non-hydrogen) atoms. The minimum atomic E-state index is 0.00574. The molecular formula is C6H15N3. The molecule has 1 unspecified atom stereocenters. The molecule has 0 radical (unpaired) electrons. The van der Waals surface area contributed by atoms with Crippen molar-refractivity contribution in [3.8, 4) is 0 Å². The van der Waals surface area contributed by atoms with Gasteiger partial charge < -0.3 is 16.8 Å². The molecule has 0 aromatic rings. The van der Waals surface area contributed by atoms with Gasteiger partial charge in [0.2, 0.25) is 0 Å². The molecule has 5 N–H and O–H groups in total. The first-order valence-corrected chi connectivity index (χ1v) is 3.14. The van der Waals surface area contributed by atoms with E-state index >= 15 is 0 Å². The molecule has 0 aliphatic carbocycles. The van der Waals surface area contributed by atoms with Crippen LogP contribution in [0.25, 0.3) is 0 Å². The summed E-state index contributed by atoms with van der Waals surface area (Å²) in [6.45, 7) is 2.56. The van der Waals surface area contributed by atoms with Gasteiger partial charge in [-0.15, -0.1) is 0 Å². The van der Waals surface area contributed by atoms with Gasteiger partial charge in [0, 0.05) is 0 Å². The molecule has 3 nitrogen and oxygen atoms in total. The molecule has 0 heterocycles. The van der Waals surface area contributed by atoms with Crippen LogP contribution in [-0.2, 0) is 0 Å². The number of allylic oxidation sites excluding steroid dienone is 1. The summed E-state index contributed by atoms with van der Waals surface area (Å²) in [5.74, 6) is 0. The van der Waals surface area contributed by atoms with Crippen LogP contribution in [0.5, 0.6) is 0 Å². The summed E-state index contributed by atoms with van der Waals surface area (Å²) in [6.07, 6.45) is 4.53. The van der Waals surface area contributed by atoms with E-state index in [4.69, 9.17) is 11.5 Å². The number of hydrogen-bond acceptors (Lipinski definition) is 3. The number of nitrogens with one attached hydrogen (secondary N) is 1. The molecule has 0 amide bonds. The van der Waals surface area contributed by atoms with E-state index in [1.54, 1.807) is 0 Å². The third-order valence-corrected chi connectivity index (χ3v) is 0.955. The Labute approximate surface area is 56.1 Å². The zero-order chi connectivity index (χ0) is 7.11. The van der Waals surface area contributed by atoms with Crippen LogP contribution in [0.2, 0.25) is 0 Å². The van der Waals surface area contributed by atoms with Crippen molar-refractivity contribution in [3.63, 3.8) is 0 Å². The van der Waals surface area contributed by atoms with Crippen molar-refractivity contribution < 1.29 is 0 Å². The lowest BCUT2D eigenvalue weighted by Gasteiger charge is -2.08. The summed E-state index contributed by atoms with van der Waals surface area (Å²) in [5, 5.41) is 2.95. The molecule has 0 bridgehead atoms. The van der Waals surface area contributed by atoms with Gasteiger partial charge >= 0.3 is 0 Å². The van der Waals surface area contributed by atoms with Crippen LogP contribution >= 0.6 is 0 Å². The fraction of sp³-hybridized carbons (Fsp3) is 0.667. The molecule has 1 atom stereocenters. The fourth-order valence-electron chi connectivity index (χ4n) is 0.483. The Kier molecular flexibility index (Phi) is 5.26. The summed E-state index contributed by atoms with van der Waals surface area (Å²) < 4.78 is 0. The Balaban J connectivity index is 3.15. The Morgan fingerprint density at radius 1 is 1.67 bits per heavy atom. The third kappa shape index (κ3) is 5.33. The maximum atomic E-state index is 5.53. The first kappa shape index (κ1) is 8.46. The molecule has 0 aliphatic heterocycles. The Morgan fingerprint density at radius 3 is 2.78 bits per heavy atom. The minimum absolute atomic E-state index is 0.00574. The van der Waals surface area contributed by atoms with Gasteiger partial charge in [-0.1, -0.05) is 6.08 Å². The molecule has 0 fully saturated rings. The van der Waals surface area contributed by atoms with Crippen LogP contribution in [0, 0.1) is 0 Å². The molecule has 0 spiro atoms. The van der Waals surface area contributed by atoms with E-state index < -0.39 is 0 Å². The lowest BCUT2D eigenvalue weighted by atomic mass is 10.3. The van der Waals surface area contributed by atoms with E-state index in [2.05, 4.69) is 5.32 Å². The molecule has 3 heteroatoms. The highest BCUT2D eigenvalue weighted by Crippen LogP contribution is 1.78. The van der Waals surface area contributed by atoms with Gasteiger partial charge in [-0.3, -0.25) is 0 Å². The topological polar surface area (TPSA) is 64.1 Å². The predicted molar refractivity (Wildman–Crippen MR) is 39.6 cm³/mol. The van der Waals surface area contributed by atoms with Gasteiger partial charge in [0.15, 0.2) is 0 Å². The normalized spacial score (nSPS) is 14.1. The third-order valence-electron chi connectivity index (χ3n) is 0.955. The van der Waals surface area contributed by atoms with E-state index in [0.717, 1.165) is 6.42 Å². The van der Waals surface area contributed by atoms with Crippen molar-refractivity contribution in [2.75, 3.05) is 6.54 Å². The van der Waals surface area contributed by atoms with Crippen LogP contribution in [0.1, 0.15) is 13.3 Å². The monoisotopic (exact) mass is 129 g/mol. The average Bonchev–Trinajstić information content (AvgIpc) is 1.85. The van der Waals surface area contributed by atoms with Crippen LogP contribution < -0.4 is 16.8 Å². The summed E-state index contributed by atoms with van der Waals surface area (Å²) in [5.41, 5.74) is 10.8. The van der Waals surface area contributed by atoms with Crippen LogP contribution in [0.3, 0.4) is 0 Å². The van der Waals surface area contributed by atoms with Crippen LogP contribution in [-0.4, -0.2) is 12.7 Å². The average molecular weight is 129 g/mol. The Bertz CT molecular complexity index is 80.4. The first-order valence-electron chi connectivity index (χ1n) is 3.14. The number of rotatable bonds is 4. The van der Waals surface area contributed by atoms with Gasteiger partial charge in [-0.05, 0) is 26.1 Å². The highest BCUT2D eigenvalue weighted by atomic mass is 15.0. The number of hydrogen-bond donors (Lipinski definition) is 3. The number of nitrogens with two attached hydrogens (primary N) is 2. The molecule has 0 saturated carbocycles. The van der Waals surface area contributed by atoms with Crippen molar-refractivity contribution >= 4 is 0 Å². The fourth-order valence-corrected chi connectivity index (χ4v) is 0.483. The highest BCUT2D eigenvalue weighted by Gasteiger charge is 1.92. The van der Waals surface area contributed by atoms with E-state index in [0.29, 0.717) is 6.54 Å². The zero-order valence-electron chi connectivity index (χ0n) is 5.80. The van der Waals surface area contributed by atoms with Crippen LogP contribution in [0.15, 0.2) is 12.3 Å². The van der Waals surface area contributed by atoms with Gasteiger partial charge in [0.25, 0.3) is 0 Å². The van der Waals surface area contributed by atoms with Crippen LogP contribution in [0.4, 0.5) is 0 Å². The Hall–Kier alpha value is -0.540. The summed E-state index contributed by atoms with van der Waals surface area (Å²) in [4.78, 5) is 0. The second-order valence-corrected chi connectivity index (χ2v) is 1.85. The summed E-state index contributed by atoms with van der Waals surface area (Å²) >= 11 is 0. The largest absolute Gasteiger partial charge is 0.376 e. The molecule has 0 aromatic carbocycles. The van der Waals surface area contributed by atoms with E-state index in [1.807, 2.05) is 19.2 Å². The summed E-state index contributed by atoms with van der Waals surface area (Å²) in [7, 11) is 0. The van der Waals surface area contributed by atoms with Crippen molar-refractivity contribution in [3.05, 3.63) is 12.3 Å². The SMILES string of the molecule is C/C=C\NC(N)CCN. The van der Waals surface area contributed by atoms with Gasteiger partial charge in [0.05, 0.1) is 6.17 Å². The van der Waals surface area contributed by atoms with E-state index in [9.17, 15) is 0 Å². The maximum Gasteiger partial charge on any atom is 0.0749 e. The standard InChI is InChI=1S/C6H15N3/c1-2-5-9-6(8)3-4-7/h2,5-6,9H,3-4,7-8H2,1H3/b5-2-. The van der Waals surface area contributed by atoms with Crippen molar-refractivity contribution in [2.45, 2.75) is 19.5 Å². The van der Waals surface area contributed by atoms with Gasteiger partial charge in [-0.2, -0.15) is 0 Å². The van der Waals surface area contributed by atoms with Crippen molar-refractivity contribution in [1.29, 1.82) is 0 Å². The smallest absolute Gasteiger partial charge is 0.0749 e. The quantitative estimate of drug-likeness (QED) is 0.458. The summed E-state index contributed by atoms with van der Waals surface area (Å²) in [6, 6.07) is 0. The molecule has 0 aliphatic rings. The highest BCUT2D eigenvalue weighted by molar-refractivity contribution is 4.76. The zero-order valence-corrected chi connectivity index (χ0v) is 5.80. The second-order valence-electron chi connectivity index (χ2n) is 1.85. The predicted octanol–water partition coefficient (Wildman–Crippen LogP) is -0.257.